The maximum Gasteiger partial charge on any atom is 0.250 e. The van der Waals surface area contributed by atoms with E-state index in [1.165, 1.54) is 0 Å². The third-order valence-electron chi connectivity index (χ3n) is 4.76. The number of rotatable bonds is 2. The van der Waals surface area contributed by atoms with Gasteiger partial charge in [0.1, 0.15) is 11.5 Å². The van der Waals surface area contributed by atoms with Crippen molar-refractivity contribution >= 4 is 16.9 Å². The van der Waals surface area contributed by atoms with Crippen LogP contribution in [0.25, 0.3) is 33.4 Å². The van der Waals surface area contributed by atoms with Crippen LogP contribution in [-0.4, -0.2) is 26.3 Å². The van der Waals surface area contributed by atoms with Gasteiger partial charge in [-0.3, -0.25) is 4.57 Å². The van der Waals surface area contributed by atoms with E-state index in [2.05, 4.69) is 37.7 Å². The van der Waals surface area contributed by atoms with Gasteiger partial charge in [0.05, 0.1) is 5.39 Å². The number of nitrogens with two attached hydrogens (primary N) is 1. The summed E-state index contributed by atoms with van der Waals surface area (Å²) in [5, 5.41) is 17.1. The lowest BCUT2D eigenvalue weighted by Gasteiger charge is -2.15. The average molecular weight is 355 g/mol. The van der Waals surface area contributed by atoms with Crippen LogP contribution in [0.4, 0.5) is 5.82 Å². The van der Waals surface area contributed by atoms with Gasteiger partial charge in [-0.05, 0) is 5.56 Å². The van der Waals surface area contributed by atoms with Crippen LogP contribution in [0.2, 0.25) is 0 Å². The summed E-state index contributed by atoms with van der Waals surface area (Å²) in [7, 11) is 0. The molecule has 1 aliphatic rings. The molecular formula is C20H17N7. The number of nitrogens with zero attached hydrogens (tertiary/aromatic N) is 5. The molecule has 5 rings (SSSR count). The minimum atomic E-state index is 0.447. The topological polar surface area (TPSA) is 94.0 Å². The number of aromatic nitrogens is 4. The molecule has 0 saturated heterocycles. The van der Waals surface area contributed by atoms with E-state index in [0.717, 1.165) is 46.7 Å². The van der Waals surface area contributed by atoms with Crippen LogP contribution >= 0.6 is 0 Å². The van der Waals surface area contributed by atoms with Crippen molar-refractivity contribution in [3.63, 3.8) is 0 Å². The largest absolute Gasteiger partial charge is 0.369 e. The fourth-order valence-electron chi connectivity index (χ4n) is 3.58. The zero-order chi connectivity index (χ0) is 18.2. The van der Waals surface area contributed by atoms with Crippen LogP contribution in [-0.2, 0) is 6.54 Å². The Hall–Kier alpha value is -3.74. The van der Waals surface area contributed by atoms with Gasteiger partial charge < -0.3 is 11.2 Å². The van der Waals surface area contributed by atoms with Gasteiger partial charge in [0.2, 0.25) is 5.62 Å². The summed E-state index contributed by atoms with van der Waals surface area (Å²) < 4.78 is 1.99. The molecule has 0 spiro atoms. The van der Waals surface area contributed by atoms with Crippen LogP contribution < -0.4 is 16.8 Å². The van der Waals surface area contributed by atoms with Gasteiger partial charge in [-0.2, -0.15) is 4.98 Å². The molecule has 1 aliphatic heterocycles. The van der Waals surface area contributed by atoms with Crippen LogP contribution in [0.1, 0.15) is 0 Å². The Labute approximate surface area is 155 Å². The highest BCUT2D eigenvalue weighted by atomic mass is 15.3. The highest BCUT2D eigenvalue weighted by Crippen LogP contribution is 2.38. The zero-order valence-corrected chi connectivity index (χ0v) is 14.5. The molecule has 0 atom stereocenters. The quantitative estimate of drug-likeness (QED) is 0.425. The van der Waals surface area contributed by atoms with Gasteiger partial charge in [-0.25, -0.2) is 0 Å². The monoisotopic (exact) mass is 355 g/mol. The Bertz CT molecular complexity index is 1200. The molecule has 4 aromatic rings. The van der Waals surface area contributed by atoms with Crippen molar-refractivity contribution < 1.29 is 0 Å². The molecule has 3 N–H and O–H groups in total. The third kappa shape index (κ3) is 2.43. The van der Waals surface area contributed by atoms with Gasteiger partial charge in [0.25, 0.3) is 0 Å². The number of fused-ring (bicyclic) bond motifs is 3. The fourth-order valence-corrected chi connectivity index (χ4v) is 3.58. The lowest BCUT2D eigenvalue weighted by atomic mass is 9.97. The van der Waals surface area contributed by atoms with Crippen molar-refractivity contribution in [1.29, 1.82) is 0 Å². The van der Waals surface area contributed by atoms with Gasteiger partial charge in [-0.1, -0.05) is 60.7 Å². The first kappa shape index (κ1) is 15.5. The maximum absolute atomic E-state index is 5.55. The van der Waals surface area contributed by atoms with E-state index in [1.54, 1.807) is 0 Å². The number of anilines is 1. The van der Waals surface area contributed by atoms with Crippen LogP contribution in [0, 0.1) is 0 Å². The molecular weight excluding hydrogens is 338 g/mol. The SMILES string of the molecule is N/N=c1\nc2nnc(-c3ccccc3)c(-c3ccccc3)c2c2n1CCN2. The Morgan fingerprint density at radius 1 is 0.926 bits per heavy atom. The smallest absolute Gasteiger partial charge is 0.250 e. The second kappa shape index (κ2) is 6.21. The minimum Gasteiger partial charge on any atom is -0.369 e. The lowest BCUT2D eigenvalue weighted by Crippen LogP contribution is -2.25. The lowest BCUT2D eigenvalue weighted by molar-refractivity contribution is 0.716. The van der Waals surface area contributed by atoms with E-state index in [9.17, 15) is 0 Å². The van der Waals surface area contributed by atoms with Crippen molar-refractivity contribution in [2.75, 3.05) is 11.9 Å². The molecule has 2 aromatic heterocycles. The van der Waals surface area contributed by atoms with Crippen molar-refractivity contribution in [2.24, 2.45) is 10.9 Å². The molecule has 0 unspecified atom stereocenters. The Balaban J connectivity index is 1.96. The van der Waals surface area contributed by atoms with E-state index in [-0.39, 0.29) is 0 Å². The summed E-state index contributed by atoms with van der Waals surface area (Å²) in [5.41, 5.74) is 4.87. The second-order valence-corrected chi connectivity index (χ2v) is 6.32. The predicted molar refractivity (Wildman–Crippen MR) is 104 cm³/mol. The highest BCUT2D eigenvalue weighted by Gasteiger charge is 2.23. The molecule has 132 valence electrons. The predicted octanol–water partition coefficient (Wildman–Crippen LogP) is 2.36. The fraction of sp³-hybridized carbons (Fsp3) is 0.100. The van der Waals surface area contributed by atoms with Crippen LogP contribution in [0.5, 0.6) is 0 Å². The summed E-state index contributed by atoms with van der Waals surface area (Å²) in [6.45, 7) is 1.55. The van der Waals surface area contributed by atoms with Crippen molar-refractivity contribution in [1.82, 2.24) is 19.7 Å². The first-order chi connectivity index (χ1) is 13.4. The minimum absolute atomic E-state index is 0.447. The standard InChI is InChI=1S/C20H17N7/c21-24-20-23-18-16(19-22-11-12-27(19)20)15(13-7-3-1-4-8-13)17(25-26-18)14-9-5-2-6-10-14/h1-10,22H,11-12,21H2/b24-20+. The normalized spacial score (nSPS) is 13.6. The van der Waals surface area contributed by atoms with E-state index < -0.39 is 0 Å². The first-order valence-corrected chi connectivity index (χ1v) is 8.76. The number of hydrogen-bond donors (Lipinski definition) is 2. The van der Waals surface area contributed by atoms with Gasteiger partial charge in [-0.15, -0.1) is 15.3 Å². The first-order valence-electron chi connectivity index (χ1n) is 8.76. The molecule has 7 heteroatoms. The van der Waals surface area contributed by atoms with E-state index >= 15 is 0 Å². The summed E-state index contributed by atoms with van der Waals surface area (Å²) in [5.74, 6) is 6.48. The maximum atomic E-state index is 5.55. The Morgan fingerprint density at radius 3 is 2.33 bits per heavy atom. The molecule has 0 bridgehead atoms. The molecule has 0 saturated carbocycles. The summed E-state index contributed by atoms with van der Waals surface area (Å²) in [4.78, 5) is 4.54. The van der Waals surface area contributed by atoms with Gasteiger partial charge in [0, 0.05) is 24.2 Å². The molecule has 0 fully saturated rings. The van der Waals surface area contributed by atoms with Gasteiger partial charge >= 0.3 is 0 Å². The third-order valence-corrected chi connectivity index (χ3v) is 4.76. The second-order valence-electron chi connectivity index (χ2n) is 6.32. The van der Waals surface area contributed by atoms with Crippen molar-refractivity contribution in [2.45, 2.75) is 6.54 Å². The van der Waals surface area contributed by atoms with E-state index in [4.69, 9.17) is 5.84 Å². The number of nitrogens with one attached hydrogen (secondary N) is 1. The molecule has 3 heterocycles. The molecule has 0 amide bonds. The molecule has 0 radical (unpaired) electrons. The number of benzene rings is 2. The van der Waals surface area contributed by atoms with Gasteiger partial charge in [0.15, 0.2) is 5.65 Å². The molecule has 0 aliphatic carbocycles. The molecule has 27 heavy (non-hydrogen) atoms. The highest BCUT2D eigenvalue weighted by molar-refractivity contribution is 6.05. The summed E-state index contributed by atoms with van der Waals surface area (Å²) in [6, 6.07) is 20.3. The molecule has 2 aromatic carbocycles. The van der Waals surface area contributed by atoms with E-state index in [0.29, 0.717) is 11.3 Å². The summed E-state index contributed by atoms with van der Waals surface area (Å²) in [6.07, 6.45) is 0. The molecule has 7 nitrogen and oxygen atoms in total. The van der Waals surface area contributed by atoms with Crippen molar-refractivity contribution in [3.05, 3.63) is 66.3 Å². The average Bonchev–Trinajstić information content (AvgIpc) is 3.23. The number of hydrogen-bond acceptors (Lipinski definition) is 6. The van der Waals surface area contributed by atoms with Crippen molar-refractivity contribution in [3.8, 4) is 22.4 Å². The zero-order valence-electron chi connectivity index (χ0n) is 14.5. The summed E-state index contributed by atoms with van der Waals surface area (Å²) >= 11 is 0. The van der Waals surface area contributed by atoms with Crippen LogP contribution in [0.15, 0.2) is 65.8 Å². The Morgan fingerprint density at radius 2 is 1.63 bits per heavy atom. The van der Waals surface area contributed by atoms with Crippen LogP contribution in [0.3, 0.4) is 0 Å². The van der Waals surface area contributed by atoms with E-state index in [1.807, 2.05) is 53.1 Å². The Kier molecular flexibility index (Phi) is 3.57.